The summed E-state index contributed by atoms with van der Waals surface area (Å²) in [7, 11) is -1.59. The third kappa shape index (κ3) is 6.10. The van der Waals surface area contributed by atoms with Crippen LogP contribution in [-0.4, -0.2) is 52.9 Å². The van der Waals surface area contributed by atoms with E-state index in [1.807, 2.05) is 24.3 Å². The van der Waals surface area contributed by atoms with Crippen LogP contribution in [0.2, 0.25) is 0 Å². The Hall–Kier alpha value is -1.81. The van der Waals surface area contributed by atoms with Crippen LogP contribution < -0.4 is 15.5 Å². The van der Waals surface area contributed by atoms with Crippen molar-refractivity contribution in [3.63, 3.8) is 0 Å². The largest absolute Gasteiger partial charge is 0.369 e. The highest BCUT2D eigenvalue weighted by molar-refractivity contribution is 14.0. The van der Waals surface area contributed by atoms with Gasteiger partial charge in [0.25, 0.3) is 0 Å². The van der Waals surface area contributed by atoms with E-state index < -0.39 is 9.84 Å². The van der Waals surface area contributed by atoms with Gasteiger partial charge in [0.1, 0.15) is 0 Å². The molecule has 152 valence electrons. The number of guanidine groups is 1. The molecule has 1 atom stereocenters. The molecule has 0 spiro atoms. The van der Waals surface area contributed by atoms with E-state index in [1.54, 1.807) is 31.3 Å². The Morgan fingerprint density at radius 3 is 2.39 bits per heavy atom. The van der Waals surface area contributed by atoms with Crippen molar-refractivity contribution in [3.8, 4) is 0 Å². The topological polar surface area (TPSA) is 73.8 Å². The van der Waals surface area contributed by atoms with Crippen LogP contribution in [0.5, 0.6) is 0 Å². The van der Waals surface area contributed by atoms with Crippen molar-refractivity contribution in [2.45, 2.75) is 17.4 Å². The summed E-state index contributed by atoms with van der Waals surface area (Å²) in [6, 6.07) is 19.1. The third-order valence-electron chi connectivity index (χ3n) is 4.64. The van der Waals surface area contributed by atoms with E-state index in [2.05, 4.69) is 32.7 Å². The summed E-state index contributed by atoms with van der Waals surface area (Å²) in [5.41, 5.74) is 1.22. The van der Waals surface area contributed by atoms with Gasteiger partial charge in [-0.25, -0.2) is 8.42 Å². The minimum Gasteiger partial charge on any atom is -0.369 e. The van der Waals surface area contributed by atoms with Gasteiger partial charge in [-0.2, -0.15) is 0 Å². The molecular weight excluding hydrogens is 487 g/mol. The summed E-state index contributed by atoms with van der Waals surface area (Å²) in [5, 5.41) is 6.51. The number of hydrogen-bond donors (Lipinski definition) is 2. The van der Waals surface area contributed by atoms with E-state index in [-0.39, 0.29) is 35.8 Å². The van der Waals surface area contributed by atoms with Crippen molar-refractivity contribution in [2.75, 3.05) is 37.3 Å². The maximum Gasteiger partial charge on any atom is 0.191 e. The highest BCUT2D eigenvalue weighted by atomic mass is 127. The Morgan fingerprint density at radius 1 is 1.11 bits per heavy atom. The maximum atomic E-state index is 12.3. The molecule has 0 radical (unpaired) electrons. The number of rotatable bonds is 6. The molecule has 1 aliphatic rings. The van der Waals surface area contributed by atoms with Gasteiger partial charge >= 0.3 is 0 Å². The molecule has 2 N–H and O–H groups in total. The summed E-state index contributed by atoms with van der Waals surface area (Å²) in [6.45, 7) is 2.19. The molecule has 0 aliphatic carbocycles. The van der Waals surface area contributed by atoms with Crippen molar-refractivity contribution in [2.24, 2.45) is 4.99 Å². The second-order valence-electron chi connectivity index (χ2n) is 6.54. The van der Waals surface area contributed by atoms with Crippen LogP contribution in [0.3, 0.4) is 0 Å². The third-order valence-corrected chi connectivity index (χ3v) is 6.37. The molecule has 6 nitrogen and oxygen atoms in total. The van der Waals surface area contributed by atoms with Gasteiger partial charge < -0.3 is 15.5 Å². The highest BCUT2D eigenvalue weighted by Gasteiger charge is 2.23. The Bertz CT molecular complexity index is 860. The van der Waals surface area contributed by atoms with E-state index >= 15 is 0 Å². The lowest BCUT2D eigenvalue weighted by Gasteiger charge is -2.20. The first kappa shape index (κ1) is 22.5. The number of aliphatic imine (C=N–C) groups is 1. The van der Waals surface area contributed by atoms with Gasteiger partial charge in [-0.1, -0.05) is 36.4 Å². The van der Waals surface area contributed by atoms with Crippen molar-refractivity contribution in [3.05, 3.63) is 60.7 Å². The van der Waals surface area contributed by atoms with Gasteiger partial charge in [-0.05, 0) is 30.7 Å². The molecule has 8 heteroatoms. The summed E-state index contributed by atoms with van der Waals surface area (Å²) < 4.78 is 24.7. The number of para-hydroxylation sites is 1. The first-order valence-corrected chi connectivity index (χ1v) is 10.8. The Kier molecular flexibility index (Phi) is 8.56. The van der Waals surface area contributed by atoms with E-state index in [4.69, 9.17) is 0 Å². The molecule has 1 unspecified atom stereocenters. The Morgan fingerprint density at radius 2 is 1.75 bits per heavy atom. The van der Waals surface area contributed by atoms with E-state index in [0.717, 1.165) is 19.5 Å². The lowest BCUT2D eigenvalue weighted by atomic mass is 10.3. The molecule has 0 aromatic heterocycles. The number of sulfone groups is 1. The van der Waals surface area contributed by atoms with Crippen molar-refractivity contribution >= 4 is 45.5 Å². The van der Waals surface area contributed by atoms with E-state index in [1.165, 1.54) is 5.69 Å². The molecule has 1 aliphatic heterocycles. The molecule has 3 rings (SSSR count). The highest BCUT2D eigenvalue weighted by Crippen LogP contribution is 2.19. The van der Waals surface area contributed by atoms with Crippen LogP contribution >= 0.6 is 24.0 Å². The SMILES string of the molecule is CN=C(NCCS(=O)(=O)c1ccccc1)NC1CCN(c2ccccc2)C1.I. The van der Waals surface area contributed by atoms with Gasteiger partial charge in [0.15, 0.2) is 15.8 Å². The smallest absolute Gasteiger partial charge is 0.191 e. The normalized spacial score (nSPS) is 17.1. The summed E-state index contributed by atoms with van der Waals surface area (Å²) >= 11 is 0. The molecule has 0 amide bonds. The molecular formula is C20H27IN4O2S. The number of hydrogen-bond acceptors (Lipinski definition) is 4. The minimum atomic E-state index is -3.29. The molecule has 2 aromatic rings. The molecule has 0 bridgehead atoms. The zero-order chi connectivity index (χ0) is 19.1. The second kappa shape index (κ2) is 10.7. The molecule has 1 heterocycles. The van der Waals surface area contributed by atoms with Gasteiger partial charge in [-0.3, -0.25) is 4.99 Å². The molecule has 2 aromatic carbocycles. The standard InChI is InChI=1S/C20H26N4O2S.HI/c1-21-20(22-13-15-27(25,26)19-10-6-3-7-11-19)23-17-12-14-24(16-17)18-8-4-2-5-9-18;/h2-11,17H,12-16H2,1H3,(H2,21,22,23);1H. The number of anilines is 1. The van der Waals surface area contributed by atoms with Crippen molar-refractivity contribution in [1.82, 2.24) is 10.6 Å². The number of benzene rings is 2. The zero-order valence-corrected chi connectivity index (χ0v) is 19.1. The zero-order valence-electron chi connectivity index (χ0n) is 15.9. The fraction of sp³-hybridized carbons (Fsp3) is 0.350. The van der Waals surface area contributed by atoms with Gasteiger partial charge in [0.2, 0.25) is 0 Å². The Balaban J connectivity index is 0.00000280. The predicted octanol–water partition coefficient (Wildman–Crippen LogP) is 2.52. The molecule has 1 saturated heterocycles. The maximum absolute atomic E-state index is 12.3. The van der Waals surface area contributed by atoms with Crippen molar-refractivity contribution < 1.29 is 8.42 Å². The molecule has 1 fully saturated rings. The van der Waals surface area contributed by atoms with Gasteiger partial charge in [0, 0.05) is 38.4 Å². The number of nitrogens with one attached hydrogen (secondary N) is 2. The van der Waals surface area contributed by atoms with Crippen LogP contribution in [0.4, 0.5) is 5.69 Å². The lowest BCUT2D eigenvalue weighted by molar-refractivity contribution is 0.594. The van der Waals surface area contributed by atoms with Crippen LogP contribution in [0.15, 0.2) is 70.6 Å². The quantitative estimate of drug-likeness (QED) is 0.352. The number of halogens is 1. The summed E-state index contributed by atoms with van der Waals surface area (Å²) in [5.74, 6) is 0.664. The monoisotopic (exact) mass is 514 g/mol. The van der Waals surface area contributed by atoms with Crippen molar-refractivity contribution in [1.29, 1.82) is 0 Å². The molecule has 28 heavy (non-hydrogen) atoms. The van der Waals surface area contributed by atoms with Gasteiger partial charge in [-0.15, -0.1) is 24.0 Å². The van der Waals surface area contributed by atoms with Gasteiger partial charge in [0.05, 0.1) is 10.6 Å². The average molecular weight is 514 g/mol. The first-order chi connectivity index (χ1) is 13.1. The van der Waals surface area contributed by atoms with E-state index in [0.29, 0.717) is 17.4 Å². The number of nitrogens with zero attached hydrogens (tertiary/aromatic N) is 2. The minimum absolute atomic E-state index is 0. The fourth-order valence-corrected chi connectivity index (χ4v) is 4.37. The van der Waals surface area contributed by atoms with E-state index in [9.17, 15) is 8.42 Å². The van der Waals surface area contributed by atoms with Crippen LogP contribution in [-0.2, 0) is 9.84 Å². The second-order valence-corrected chi connectivity index (χ2v) is 8.65. The summed E-state index contributed by atoms with van der Waals surface area (Å²) in [6.07, 6.45) is 1.01. The average Bonchev–Trinajstić information content (AvgIpc) is 3.17. The fourth-order valence-electron chi connectivity index (χ4n) is 3.19. The lowest BCUT2D eigenvalue weighted by Crippen LogP contribution is -2.45. The molecule has 0 saturated carbocycles. The predicted molar refractivity (Wildman–Crippen MR) is 125 cm³/mol. The van der Waals surface area contributed by atoms with Crippen LogP contribution in [0, 0.1) is 0 Å². The first-order valence-electron chi connectivity index (χ1n) is 9.13. The Labute approximate surface area is 184 Å². The summed E-state index contributed by atoms with van der Waals surface area (Å²) in [4.78, 5) is 6.91. The van der Waals surface area contributed by atoms with Crippen LogP contribution in [0.1, 0.15) is 6.42 Å². The van der Waals surface area contributed by atoms with Crippen LogP contribution in [0.25, 0.3) is 0 Å².